The summed E-state index contributed by atoms with van der Waals surface area (Å²) in [7, 11) is 0. The van der Waals surface area contributed by atoms with Gasteiger partial charge in [-0.25, -0.2) is 0 Å². The lowest BCUT2D eigenvalue weighted by atomic mass is 9.99. The van der Waals surface area contributed by atoms with E-state index in [2.05, 4.69) is 104 Å². The van der Waals surface area contributed by atoms with Gasteiger partial charge in [0.05, 0.1) is 25.4 Å². The molecule has 0 aromatic heterocycles. The van der Waals surface area contributed by atoms with Crippen LogP contribution in [-0.4, -0.2) is 87.5 Å². The van der Waals surface area contributed by atoms with Crippen LogP contribution >= 0.6 is 0 Å². The van der Waals surface area contributed by atoms with Crippen molar-refractivity contribution in [2.24, 2.45) is 0 Å². The number of ether oxygens (including phenoxy) is 2. The van der Waals surface area contributed by atoms with E-state index in [1.807, 2.05) is 6.08 Å². The number of allylic oxidation sites excluding steroid dienone is 15. The van der Waals surface area contributed by atoms with Crippen LogP contribution in [-0.2, 0) is 14.3 Å². The number of rotatable bonds is 47. The average molecular weight is 981 g/mol. The van der Waals surface area contributed by atoms with Gasteiger partial charge < -0.3 is 40.3 Å². The Kier molecular flexibility index (Phi) is 46.2. The van der Waals surface area contributed by atoms with E-state index in [0.717, 1.165) is 83.5 Å². The summed E-state index contributed by atoms with van der Waals surface area (Å²) in [4.78, 5) is 13.0. The molecule has 1 heterocycles. The van der Waals surface area contributed by atoms with Crippen LogP contribution in [0.15, 0.2) is 97.2 Å². The van der Waals surface area contributed by atoms with Crippen molar-refractivity contribution in [2.75, 3.05) is 13.2 Å². The third-order valence-corrected chi connectivity index (χ3v) is 12.9. The third kappa shape index (κ3) is 38.7. The second-order valence-corrected chi connectivity index (χ2v) is 19.3. The molecule has 0 spiro atoms. The highest BCUT2D eigenvalue weighted by Crippen LogP contribution is 2.23. The highest BCUT2D eigenvalue weighted by Gasteiger charge is 2.44. The van der Waals surface area contributed by atoms with Crippen molar-refractivity contribution >= 4 is 5.91 Å². The van der Waals surface area contributed by atoms with E-state index in [9.17, 15) is 30.3 Å². The Balaban J connectivity index is 2.31. The van der Waals surface area contributed by atoms with E-state index >= 15 is 0 Å². The first kappa shape index (κ1) is 65.1. The first-order valence-corrected chi connectivity index (χ1v) is 28.5. The Morgan fingerprint density at radius 3 is 1.37 bits per heavy atom. The Labute approximate surface area is 428 Å². The van der Waals surface area contributed by atoms with Gasteiger partial charge in [-0.2, -0.15) is 0 Å². The van der Waals surface area contributed by atoms with Crippen LogP contribution in [0.3, 0.4) is 0 Å². The third-order valence-electron chi connectivity index (χ3n) is 12.9. The topological polar surface area (TPSA) is 149 Å². The van der Waals surface area contributed by atoms with E-state index in [-0.39, 0.29) is 12.5 Å². The minimum Gasteiger partial charge on any atom is -0.394 e. The molecule has 1 aliphatic rings. The quantitative estimate of drug-likeness (QED) is 0.0261. The van der Waals surface area contributed by atoms with Gasteiger partial charge in [0, 0.05) is 6.42 Å². The molecule has 0 bridgehead atoms. The summed E-state index contributed by atoms with van der Waals surface area (Å²) in [5, 5.41) is 54.5. The van der Waals surface area contributed by atoms with Crippen LogP contribution < -0.4 is 5.32 Å². The molecule has 6 N–H and O–H groups in total. The number of nitrogens with one attached hydrogen (secondary N) is 1. The van der Waals surface area contributed by atoms with Crippen molar-refractivity contribution in [1.29, 1.82) is 0 Å². The molecular formula is C61H105NO8. The molecule has 1 amide bonds. The highest BCUT2D eigenvalue weighted by atomic mass is 16.7. The van der Waals surface area contributed by atoms with Gasteiger partial charge in [-0.15, -0.1) is 0 Å². The van der Waals surface area contributed by atoms with Crippen LogP contribution in [0.25, 0.3) is 0 Å². The number of hydrogen-bond donors (Lipinski definition) is 6. The molecule has 402 valence electrons. The van der Waals surface area contributed by atoms with E-state index in [0.29, 0.717) is 12.8 Å². The van der Waals surface area contributed by atoms with Gasteiger partial charge in [0.15, 0.2) is 6.29 Å². The number of hydrogen-bond acceptors (Lipinski definition) is 8. The molecule has 0 aliphatic carbocycles. The highest BCUT2D eigenvalue weighted by molar-refractivity contribution is 5.76. The molecule has 0 radical (unpaired) electrons. The number of amides is 1. The fourth-order valence-electron chi connectivity index (χ4n) is 8.41. The molecule has 9 nitrogen and oxygen atoms in total. The number of carbonyl (C=O) groups is 1. The van der Waals surface area contributed by atoms with Gasteiger partial charge in [0.1, 0.15) is 24.4 Å². The molecule has 1 rings (SSSR count). The van der Waals surface area contributed by atoms with Crippen molar-refractivity contribution in [3.05, 3.63) is 97.2 Å². The molecule has 70 heavy (non-hydrogen) atoms. The van der Waals surface area contributed by atoms with Gasteiger partial charge in [-0.1, -0.05) is 233 Å². The Hall–Kier alpha value is -2.89. The average Bonchev–Trinajstić information content (AvgIpc) is 3.36. The normalized spacial score (nSPS) is 20.1. The summed E-state index contributed by atoms with van der Waals surface area (Å²) in [5.41, 5.74) is 0. The molecule has 0 aromatic carbocycles. The molecule has 0 aromatic rings. The largest absolute Gasteiger partial charge is 0.394 e. The summed E-state index contributed by atoms with van der Waals surface area (Å²) in [6.45, 7) is 3.64. The summed E-state index contributed by atoms with van der Waals surface area (Å²) in [5.74, 6) is -0.214. The molecule has 7 unspecified atom stereocenters. The Morgan fingerprint density at radius 1 is 0.500 bits per heavy atom. The van der Waals surface area contributed by atoms with Gasteiger partial charge in [-0.05, 0) is 83.5 Å². The number of aliphatic hydroxyl groups excluding tert-OH is 5. The number of carbonyl (C=O) groups excluding carboxylic acids is 1. The van der Waals surface area contributed by atoms with Crippen molar-refractivity contribution in [1.82, 2.24) is 5.32 Å². The van der Waals surface area contributed by atoms with Gasteiger partial charge in [0.2, 0.25) is 5.91 Å². The predicted molar refractivity (Wildman–Crippen MR) is 294 cm³/mol. The molecule has 1 aliphatic heterocycles. The van der Waals surface area contributed by atoms with Crippen molar-refractivity contribution in [3.63, 3.8) is 0 Å². The molecule has 1 fully saturated rings. The fourth-order valence-corrected chi connectivity index (χ4v) is 8.41. The van der Waals surface area contributed by atoms with Crippen LogP contribution in [0.2, 0.25) is 0 Å². The van der Waals surface area contributed by atoms with Crippen LogP contribution in [0.5, 0.6) is 0 Å². The molecule has 0 saturated carbocycles. The van der Waals surface area contributed by atoms with Gasteiger partial charge in [0.25, 0.3) is 0 Å². The maximum absolute atomic E-state index is 13.0. The lowest BCUT2D eigenvalue weighted by Gasteiger charge is -2.40. The second-order valence-electron chi connectivity index (χ2n) is 19.3. The second kappa shape index (κ2) is 49.7. The summed E-state index contributed by atoms with van der Waals surface area (Å²) < 4.78 is 11.2. The minimum atomic E-state index is -1.58. The van der Waals surface area contributed by atoms with Crippen molar-refractivity contribution < 1.29 is 39.8 Å². The van der Waals surface area contributed by atoms with Gasteiger partial charge >= 0.3 is 0 Å². The summed E-state index contributed by atoms with van der Waals surface area (Å²) in [6.07, 6.45) is 64.7. The zero-order chi connectivity index (χ0) is 50.8. The van der Waals surface area contributed by atoms with E-state index in [1.54, 1.807) is 6.08 Å². The van der Waals surface area contributed by atoms with Crippen LogP contribution in [0, 0.1) is 0 Å². The molecule has 9 heteroatoms. The lowest BCUT2D eigenvalue weighted by Crippen LogP contribution is -2.60. The smallest absolute Gasteiger partial charge is 0.220 e. The first-order chi connectivity index (χ1) is 34.3. The van der Waals surface area contributed by atoms with Crippen molar-refractivity contribution in [3.8, 4) is 0 Å². The lowest BCUT2D eigenvalue weighted by molar-refractivity contribution is -0.302. The fraction of sp³-hybridized carbons (Fsp3) is 0.721. The minimum absolute atomic E-state index is 0.214. The molecule has 1 saturated heterocycles. The van der Waals surface area contributed by atoms with Crippen molar-refractivity contribution in [2.45, 2.75) is 269 Å². The monoisotopic (exact) mass is 980 g/mol. The maximum atomic E-state index is 13.0. The van der Waals surface area contributed by atoms with E-state index in [4.69, 9.17) is 9.47 Å². The number of aliphatic hydroxyl groups is 5. The summed E-state index contributed by atoms with van der Waals surface area (Å²) >= 11 is 0. The van der Waals surface area contributed by atoms with Gasteiger partial charge in [-0.3, -0.25) is 4.79 Å². The SMILES string of the molecule is CC/C=C\C/C=C\C/C=C\C/C=C\C/C=C\C/C=C\CCCCCCC(=O)NC(COC1OC(CO)C(O)C(O)C1O)C(O)/C=C/CC/C=C/CCCCCCCCCCCCCCCCCCCC. The van der Waals surface area contributed by atoms with E-state index < -0.39 is 49.5 Å². The predicted octanol–water partition coefficient (Wildman–Crippen LogP) is 14.0. The zero-order valence-electron chi connectivity index (χ0n) is 44.5. The Morgan fingerprint density at radius 2 is 0.900 bits per heavy atom. The standard InChI is InChI=1S/C61H105NO8/c1-3-5-7-9-11-13-15-17-19-21-23-25-27-29-30-32-34-36-38-40-42-44-46-48-50-55(64)54(53-69-61-60(68)59(67)58(66)56(52-63)70-61)62-57(65)51-49-47-45-43-41-39-37-35-33-31-28-26-24-22-20-18-16-14-12-10-8-6-4-2/h6,8,12,14,18,20,24,26,31,33,37,39-40,42,48,50,54-56,58-61,63-64,66-68H,3-5,7,9-11,13,15-17,19,21-23,25,27-30,32,34-36,38,41,43-47,49,51-53H2,1-2H3,(H,62,65)/b8-6-,14-12-,20-18-,26-24-,33-31-,39-37-,42-40+,50-48+. The van der Waals surface area contributed by atoms with Crippen LogP contribution in [0.1, 0.15) is 226 Å². The van der Waals surface area contributed by atoms with Crippen LogP contribution in [0.4, 0.5) is 0 Å². The molecule has 7 atom stereocenters. The summed E-state index contributed by atoms with van der Waals surface area (Å²) in [6, 6.07) is -0.843. The van der Waals surface area contributed by atoms with E-state index in [1.165, 1.54) is 116 Å². The zero-order valence-corrected chi connectivity index (χ0v) is 44.5. The maximum Gasteiger partial charge on any atom is 0.220 e. The first-order valence-electron chi connectivity index (χ1n) is 28.5. The number of unbranched alkanes of at least 4 members (excludes halogenated alkanes) is 23. The molecular weight excluding hydrogens is 875 g/mol. The Bertz CT molecular complexity index is 1420.